The number of hydrogen-bond acceptors (Lipinski definition) is 4. The number of nitrogens with zero attached hydrogens (tertiary/aromatic N) is 1. The molecule has 1 N–H and O–H groups in total. The molecule has 0 heterocycles. The molecule has 0 saturated carbocycles. The van der Waals surface area contributed by atoms with Gasteiger partial charge in [-0.15, -0.1) is 0 Å². The van der Waals surface area contributed by atoms with Crippen molar-refractivity contribution in [3.05, 3.63) is 53.6 Å². The van der Waals surface area contributed by atoms with Crippen molar-refractivity contribution < 1.29 is 26.7 Å². The van der Waals surface area contributed by atoms with Crippen molar-refractivity contribution in [1.82, 2.24) is 4.31 Å². The molecule has 2 aromatic carbocycles. The Hall–Kier alpha value is -2.52. The molecule has 28 heavy (non-hydrogen) atoms. The van der Waals surface area contributed by atoms with E-state index in [1.165, 1.54) is 40.7 Å². The van der Waals surface area contributed by atoms with Crippen molar-refractivity contribution in [3.8, 4) is 5.75 Å². The van der Waals surface area contributed by atoms with Crippen molar-refractivity contribution in [3.63, 3.8) is 0 Å². The van der Waals surface area contributed by atoms with Gasteiger partial charge in [0.15, 0.2) is 0 Å². The molecular formula is C19H22F2N2O4S. The van der Waals surface area contributed by atoms with Crippen LogP contribution in [0.15, 0.2) is 47.4 Å². The van der Waals surface area contributed by atoms with Gasteiger partial charge in [0.2, 0.25) is 10.0 Å². The number of alkyl halides is 2. The van der Waals surface area contributed by atoms with E-state index in [4.69, 9.17) is 0 Å². The lowest BCUT2D eigenvalue weighted by molar-refractivity contribution is -0.0493. The van der Waals surface area contributed by atoms with Crippen LogP contribution in [0.25, 0.3) is 0 Å². The summed E-state index contributed by atoms with van der Waals surface area (Å²) in [7, 11) is -3.76. The van der Waals surface area contributed by atoms with Crippen LogP contribution in [0.2, 0.25) is 0 Å². The van der Waals surface area contributed by atoms with E-state index >= 15 is 0 Å². The number of aryl methyl sites for hydroxylation is 1. The first-order chi connectivity index (χ1) is 13.2. The van der Waals surface area contributed by atoms with Crippen molar-refractivity contribution in [2.75, 3.05) is 18.4 Å². The van der Waals surface area contributed by atoms with Gasteiger partial charge >= 0.3 is 6.61 Å². The van der Waals surface area contributed by atoms with Gasteiger partial charge in [-0.05, 0) is 36.8 Å². The van der Waals surface area contributed by atoms with Gasteiger partial charge in [-0.3, -0.25) is 4.79 Å². The summed E-state index contributed by atoms with van der Waals surface area (Å²) in [5.41, 5.74) is 0.648. The first-order valence-electron chi connectivity index (χ1n) is 8.66. The third-order valence-electron chi connectivity index (χ3n) is 4.12. The van der Waals surface area contributed by atoms with Crippen molar-refractivity contribution in [2.45, 2.75) is 32.3 Å². The number of carbonyl (C=O) groups is 1. The summed E-state index contributed by atoms with van der Waals surface area (Å²) in [5.74, 6) is -0.824. The number of carbonyl (C=O) groups excluding carboxylic acids is 1. The predicted octanol–water partition coefficient (Wildman–Crippen LogP) is 3.88. The lowest BCUT2D eigenvalue weighted by Gasteiger charge is -2.20. The number of ether oxygens (including phenoxy) is 1. The highest BCUT2D eigenvalue weighted by molar-refractivity contribution is 7.89. The highest BCUT2D eigenvalue weighted by atomic mass is 32.2. The van der Waals surface area contributed by atoms with Gasteiger partial charge in [-0.25, -0.2) is 8.42 Å². The fourth-order valence-electron chi connectivity index (χ4n) is 2.68. The Bertz CT molecular complexity index is 945. The SMILES string of the molecule is CCN(CC)S(=O)(=O)c1cc(C(=O)Nc2ccccc2OC(F)F)ccc1C. The van der Waals surface area contributed by atoms with Crippen LogP contribution in [0.1, 0.15) is 29.8 Å². The Morgan fingerprint density at radius 2 is 1.79 bits per heavy atom. The molecule has 6 nitrogen and oxygen atoms in total. The zero-order valence-electron chi connectivity index (χ0n) is 15.8. The third-order valence-corrected chi connectivity index (χ3v) is 6.32. The van der Waals surface area contributed by atoms with Crippen LogP contribution in [-0.2, 0) is 10.0 Å². The minimum atomic E-state index is -3.76. The highest BCUT2D eigenvalue weighted by Crippen LogP contribution is 2.27. The van der Waals surface area contributed by atoms with Gasteiger partial charge in [-0.2, -0.15) is 13.1 Å². The molecule has 0 bridgehead atoms. The fraction of sp³-hybridized carbons (Fsp3) is 0.316. The van der Waals surface area contributed by atoms with Crippen LogP contribution in [0, 0.1) is 6.92 Å². The van der Waals surface area contributed by atoms with Crippen LogP contribution in [0.3, 0.4) is 0 Å². The highest BCUT2D eigenvalue weighted by Gasteiger charge is 2.25. The number of hydrogen-bond donors (Lipinski definition) is 1. The number of para-hydroxylation sites is 2. The average Bonchev–Trinajstić information content (AvgIpc) is 2.63. The number of sulfonamides is 1. The molecule has 0 atom stereocenters. The molecular weight excluding hydrogens is 390 g/mol. The standard InChI is InChI=1S/C19H22F2N2O4S/c1-4-23(5-2)28(25,26)17-12-14(11-10-13(17)3)18(24)22-15-8-6-7-9-16(15)27-19(20)21/h6-12,19H,4-5H2,1-3H3,(H,22,24). The van der Waals surface area contributed by atoms with Gasteiger partial charge in [0.25, 0.3) is 5.91 Å². The molecule has 0 radical (unpaired) electrons. The van der Waals surface area contributed by atoms with E-state index in [-0.39, 0.29) is 21.9 Å². The van der Waals surface area contributed by atoms with Gasteiger partial charge in [0.05, 0.1) is 10.6 Å². The quantitative estimate of drug-likeness (QED) is 0.714. The molecule has 0 aliphatic carbocycles. The van der Waals surface area contributed by atoms with E-state index in [1.807, 2.05) is 0 Å². The number of amides is 1. The smallest absolute Gasteiger partial charge is 0.387 e. The molecule has 0 spiro atoms. The monoisotopic (exact) mass is 412 g/mol. The molecule has 152 valence electrons. The number of rotatable bonds is 8. The molecule has 0 aromatic heterocycles. The third kappa shape index (κ3) is 4.85. The molecule has 2 aromatic rings. The minimum absolute atomic E-state index is 0.0287. The molecule has 0 unspecified atom stereocenters. The zero-order chi connectivity index (χ0) is 20.9. The lowest BCUT2D eigenvalue weighted by Crippen LogP contribution is -2.31. The Labute approximate surface area is 163 Å². The molecule has 2 rings (SSSR count). The van der Waals surface area contributed by atoms with Gasteiger partial charge in [0.1, 0.15) is 5.75 Å². The molecule has 0 fully saturated rings. The van der Waals surface area contributed by atoms with Crippen LogP contribution < -0.4 is 10.1 Å². The topological polar surface area (TPSA) is 75.7 Å². The van der Waals surface area contributed by atoms with E-state index < -0.39 is 22.5 Å². The number of nitrogens with one attached hydrogen (secondary N) is 1. The molecule has 1 amide bonds. The summed E-state index contributed by atoms with van der Waals surface area (Å²) in [6.07, 6.45) is 0. The second-order valence-corrected chi connectivity index (χ2v) is 7.80. The maximum Gasteiger partial charge on any atom is 0.387 e. The van der Waals surface area contributed by atoms with Crippen molar-refractivity contribution in [1.29, 1.82) is 0 Å². The van der Waals surface area contributed by atoms with Crippen molar-refractivity contribution in [2.24, 2.45) is 0 Å². The van der Waals surface area contributed by atoms with Crippen LogP contribution >= 0.6 is 0 Å². The summed E-state index contributed by atoms with van der Waals surface area (Å²) >= 11 is 0. The molecule has 0 aliphatic rings. The van der Waals surface area contributed by atoms with E-state index in [9.17, 15) is 22.0 Å². The van der Waals surface area contributed by atoms with E-state index in [1.54, 1.807) is 26.8 Å². The largest absolute Gasteiger partial charge is 0.433 e. The summed E-state index contributed by atoms with van der Waals surface area (Å²) < 4.78 is 56.4. The van der Waals surface area contributed by atoms with Gasteiger partial charge in [0, 0.05) is 18.7 Å². The summed E-state index contributed by atoms with van der Waals surface area (Å²) in [6, 6.07) is 10.1. The average molecular weight is 412 g/mol. The molecule has 0 aliphatic heterocycles. The summed E-state index contributed by atoms with van der Waals surface area (Å²) in [6.45, 7) is 2.66. The van der Waals surface area contributed by atoms with E-state index in [0.717, 1.165) is 0 Å². The van der Waals surface area contributed by atoms with E-state index in [2.05, 4.69) is 10.1 Å². The summed E-state index contributed by atoms with van der Waals surface area (Å²) in [4.78, 5) is 12.6. The second-order valence-electron chi connectivity index (χ2n) is 5.90. The Morgan fingerprint density at radius 1 is 1.14 bits per heavy atom. The molecule has 9 heteroatoms. The minimum Gasteiger partial charge on any atom is -0.433 e. The van der Waals surface area contributed by atoms with Crippen LogP contribution in [0.5, 0.6) is 5.75 Å². The fourth-order valence-corrected chi connectivity index (χ4v) is 4.39. The zero-order valence-corrected chi connectivity index (χ0v) is 16.6. The maximum absolute atomic E-state index is 12.8. The number of anilines is 1. The summed E-state index contributed by atoms with van der Waals surface area (Å²) in [5, 5.41) is 2.48. The Kier molecular flexibility index (Phi) is 7.09. The second kappa shape index (κ2) is 9.11. The number of halogens is 2. The normalized spacial score (nSPS) is 11.7. The maximum atomic E-state index is 12.8. The van der Waals surface area contributed by atoms with Gasteiger partial charge < -0.3 is 10.1 Å². The molecule has 0 saturated heterocycles. The van der Waals surface area contributed by atoms with Gasteiger partial charge in [-0.1, -0.05) is 32.0 Å². The lowest BCUT2D eigenvalue weighted by atomic mass is 10.1. The predicted molar refractivity (Wildman–Crippen MR) is 102 cm³/mol. The van der Waals surface area contributed by atoms with E-state index in [0.29, 0.717) is 18.7 Å². The number of benzene rings is 2. The Morgan fingerprint density at radius 3 is 2.39 bits per heavy atom. The first-order valence-corrected chi connectivity index (χ1v) is 10.1. The first kappa shape index (κ1) is 21.8. The Balaban J connectivity index is 2.36. The van der Waals surface area contributed by atoms with Crippen LogP contribution in [-0.4, -0.2) is 38.3 Å². The van der Waals surface area contributed by atoms with Crippen molar-refractivity contribution >= 4 is 21.6 Å². The van der Waals surface area contributed by atoms with Crippen LogP contribution in [0.4, 0.5) is 14.5 Å².